The molecule has 0 radical (unpaired) electrons. The van der Waals surface area contributed by atoms with Gasteiger partial charge in [-0.05, 0) is 62.2 Å². The highest BCUT2D eigenvalue weighted by molar-refractivity contribution is 6.46. The molecule has 0 spiro atoms. The lowest BCUT2D eigenvalue weighted by Gasteiger charge is -2.25. The molecule has 0 saturated carbocycles. The summed E-state index contributed by atoms with van der Waals surface area (Å²) >= 11 is 0. The van der Waals surface area contributed by atoms with Crippen molar-refractivity contribution >= 4 is 17.4 Å². The van der Waals surface area contributed by atoms with Gasteiger partial charge < -0.3 is 19.5 Å². The van der Waals surface area contributed by atoms with E-state index >= 15 is 0 Å². The SMILES string of the molecule is CCCOc1ccc(/C(O)=C2/C(=O)C(=O)N(CCOC(C)C)C2c2ccc(F)cc2)cc1. The third-order valence-electron chi connectivity index (χ3n) is 5.11. The van der Waals surface area contributed by atoms with E-state index in [-0.39, 0.29) is 30.6 Å². The molecule has 1 unspecified atom stereocenters. The fraction of sp³-hybridized carbons (Fsp3) is 0.360. The number of aliphatic hydroxyl groups is 1. The molecule has 1 aliphatic heterocycles. The predicted octanol–water partition coefficient (Wildman–Crippen LogP) is 4.46. The molecule has 1 amide bonds. The van der Waals surface area contributed by atoms with E-state index in [0.29, 0.717) is 23.5 Å². The van der Waals surface area contributed by atoms with Crippen LogP contribution in [-0.2, 0) is 14.3 Å². The van der Waals surface area contributed by atoms with Crippen LogP contribution in [0.5, 0.6) is 5.75 Å². The first kappa shape index (κ1) is 23.5. The number of hydrogen-bond acceptors (Lipinski definition) is 5. The van der Waals surface area contributed by atoms with Crippen LogP contribution in [0.1, 0.15) is 44.4 Å². The fourth-order valence-electron chi connectivity index (χ4n) is 3.57. The standard InChI is InChI=1S/C25H28FNO5/c1-4-14-32-20-11-7-18(8-12-20)23(28)21-22(17-5-9-19(26)10-6-17)27(25(30)24(21)29)13-15-31-16(2)3/h5-12,16,22,28H,4,13-15H2,1-3H3/b23-21-. The monoisotopic (exact) mass is 441 g/mol. The van der Waals surface area contributed by atoms with Crippen LogP contribution in [0.3, 0.4) is 0 Å². The summed E-state index contributed by atoms with van der Waals surface area (Å²) in [7, 11) is 0. The van der Waals surface area contributed by atoms with Crippen LogP contribution < -0.4 is 4.74 Å². The summed E-state index contributed by atoms with van der Waals surface area (Å²) in [5.74, 6) is -1.59. The zero-order valence-electron chi connectivity index (χ0n) is 18.5. The summed E-state index contributed by atoms with van der Waals surface area (Å²) in [4.78, 5) is 27.1. The molecule has 1 atom stereocenters. The van der Waals surface area contributed by atoms with Crippen LogP contribution in [-0.4, -0.2) is 47.6 Å². The number of amides is 1. The molecule has 1 fully saturated rings. The maximum atomic E-state index is 13.5. The summed E-state index contributed by atoms with van der Waals surface area (Å²) in [6.45, 7) is 6.70. The Balaban J connectivity index is 2.01. The van der Waals surface area contributed by atoms with E-state index in [0.717, 1.165) is 6.42 Å². The maximum Gasteiger partial charge on any atom is 0.295 e. The highest BCUT2D eigenvalue weighted by Gasteiger charge is 2.45. The summed E-state index contributed by atoms with van der Waals surface area (Å²) < 4.78 is 24.6. The van der Waals surface area contributed by atoms with E-state index in [1.807, 2.05) is 20.8 Å². The lowest BCUT2D eigenvalue weighted by molar-refractivity contribution is -0.140. The van der Waals surface area contributed by atoms with Gasteiger partial charge in [0.1, 0.15) is 17.3 Å². The second kappa shape index (κ2) is 10.4. The summed E-state index contributed by atoms with van der Waals surface area (Å²) in [5.41, 5.74) is 0.880. The lowest BCUT2D eigenvalue weighted by atomic mass is 9.95. The maximum absolute atomic E-state index is 13.5. The van der Waals surface area contributed by atoms with E-state index in [1.165, 1.54) is 29.2 Å². The van der Waals surface area contributed by atoms with Crippen molar-refractivity contribution in [3.63, 3.8) is 0 Å². The second-order valence-electron chi connectivity index (χ2n) is 7.84. The van der Waals surface area contributed by atoms with Gasteiger partial charge in [-0.2, -0.15) is 0 Å². The van der Waals surface area contributed by atoms with E-state index < -0.39 is 23.5 Å². The van der Waals surface area contributed by atoms with Gasteiger partial charge in [-0.3, -0.25) is 9.59 Å². The molecule has 7 heteroatoms. The Morgan fingerprint density at radius 2 is 1.72 bits per heavy atom. The van der Waals surface area contributed by atoms with Gasteiger partial charge in [-0.25, -0.2) is 4.39 Å². The van der Waals surface area contributed by atoms with E-state index in [2.05, 4.69) is 0 Å². The number of ketones is 1. The normalized spacial score (nSPS) is 17.9. The molecule has 2 aromatic rings. The van der Waals surface area contributed by atoms with Crippen molar-refractivity contribution in [3.8, 4) is 5.75 Å². The molecule has 0 aromatic heterocycles. The molecule has 1 N–H and O–H groups in total. The second-order valence-corrected chi connectivity index (χ2v) is 7.84. The highest BCUT2D eigenvalue weighted by atomic mass is 19.1. The zero-order valence-corrected chi connectivity index (χ0v) is 18.5. The molecule has 1 heterocycles. The first-order valence-corrected chi connectivity index (χ1v) is 10.7. The van der Waals surface area contributed by atoms with Crippen molar-refractivity contribution < 1.29 is 28.6 Å². The van der Waals surface area contributed by atoms with E-state index in [4.69, 9.17) is 9.47 Å². The number of carbonyl (C=O) groups excluding carboxylic acids is 2. The number of rotatable bonds is 9. The van der Waals surface area contributed by atoms with Gasteiger partial charge in [0, 0.05) is 12.1 Å². The highest BCUT2D eigenvalue weighted by Crippen LogP contribution is 2.39. The topological polar surface area (TPSA) is 76.1 Å². The smallest absolute Gasteiger partial charge is 0.295 e. The fourth-order valence-corrected chi connectivity index (χ4v) is 3.57. The van der Waals surface area contributed by atoms with Crippen molar-refractivity contribution in [3.05, 3.63) is 71.0 Å². The molecule has 3 rings (SSSR count). The Morgan fingerprint density at radius 3 is 2.31 bits per heavy atom. The molecule has 0 bridgehead atoms. The number of Topliss-reactive ketones (excluding diaryl/α,β-unsaturated/α-hetero) is 1. The average Bonchev–Trinajstić information content (AvgIpc) is 3.03. The third-order valence-corrected chi connectivity index (χ3v) is 5.11. The predicted molar refractivity (Wildman–Crippen MR) is 119 cm³/mol. The van der Waals surface area contributed by atoms with Crippen LogP contribution in [0.15, 0.2) is 54.1 Å². The third kappa shape index (κ3) is 5.16. The van der Waals surface area contributed by atoms with E-state index in [1.54, 1.807) is 24.3 Å². The molecular formula is C25H28FNO5. The number of benzene rings is 2. The van der Waals surface area contributed by atoms with Crippen molar-refractivity contribution in [1.29, 1.82) is 0 Å². The number of halogens is 1. The zero-order chi connectivity index (χ0) is 23.3. The molecule has 1 aliphatic rings. The molecule has 0 aliphatic carbocycles. The van der Waals surface area contributed by atoms with Crippen LogP contribution in [0.25, 0.3) is 5.76 Å². The number of nitrogens with zero attached hydrogens (tertiary/aromatic N) is 1. The van der Waals surface area contributed by atoms with Crippen molar-refractivity contribution in [2.75, 3.05) is 19.8 Å². The quantitative estimate of drug-likeness (QED) is 0.353. The number of aliphatic hydroxyl groups excluding tert-OH is 1. The van der Waals surface area contributed by atoms with Crippen LogP contribution in [0, 0.1) is 5.82 Å². The van der Waals surface area contributed by atoms with Gasteiger partial charge in [-0.15, -0.1) is 0 Å². The van der Waals surface area contributed by atoms with Crippen LogP contribution >= 0.6 is 0 Å². The lowest BCUT2D eigenvalue weighted by Crippen LogP contribution is -2.33. The molecule has 1 saturated heterocycles. The average molecular weight is 441 g/mol. The number of hydrogen-bond donors (Lipinski definition) is 1. The molecule has 2 aromatic carbocycles. The Labute approximate surface area is 187 Å². The number of likely N-dealkylation sites (tertiary alicyclic amines) is 1. The van der Waals surface area contributed by atoms with E-state index in [9.17, 15) is 19.1 Å². The minimum atomic E-state index is -0.845. The number of carbonyl (C=O) groups is 2. The largest absolute Gasteiger partial charge is 0.507 e. The van der Waals surface area contributed by atoms with Crippen LogP contribution in [0.4, 0.5) is 4.39 Å². The van der Waals surface area contributed by atoms with Crippen molar-refractivity contribution in [2.45, 2.75) is 39.3 Å². The summed E-state index contributed by atoms with van der Waals surface area (Å²) in [6, 6.07) is 11.4. The van der Waals surface area contributed by atoms with Gasteiger partial charge in [-0.1, -0.05) is 19.1 Å². The summed E-state index contributed by atoms with van der Waals surface area (Å²) in [5, 5.41) is 11.0. The Hall–Kier alpha value is -3.19. The van der Waals surface area contributed by atoms with Gasteiger partial charge in [0.2, 0.25) is 0 Å². The minimum Gasteiger partial charge on any atom is -0.507 e. The first-order chi connectivity index (χ1) is 15.3. The van der Waals surface area contributed by atoms with Gasteiger partial charge in [0.05, 0.1) is 30.9 Å². The minimum absolute atomic E-state index is 0.0339. The Bertz CT molecular complexity index is 982. The van der Waals surface area contributed by atoms with Gasteiger partial charge >= 0.3 is 0 Å². The van der Waals surface area contributed by atoms with Gasteiger partial charge in [0.25, 0.3) is 11.7 Å². The van der Waals surface area contributed by atoms with Crippen molar-refractivity contribution in [1.82, 2.24) is 4.90 Å². The van der Waals surface area contributed by atoms with Crippen LogP contribution in [0.2, 0.25) is 0 Å². The Kier molecular flexibility index (Phi) is 7.64. The number of ether oxygens (including phenoxy) is 2. The molecule has 170 valence electrons. The molecule has 32 heavy (non-hydrogen) atoms. The molecular weight excluding hydrogens is 413 g/mol. The summed E-state index contributed by atoms with van der Waals surface area (Å²) in [6.07, 6.45) is 0.827. The van der Waals surface area contributed by atoms with Crippen molar-refractivity contribution in [2.24, 2.45) is 0 Å². The Morgan fingerprint density at radius 1 is 1.06 bits per heavy atom. The molecule has 6 nitrogen and oxygen atoms in total. The first-order valence-electron chi connectivity index (χ1n) is 10.7. The van der Waals surface area contributed by atoms with Gasteiger partial charge in [0.15, 0.2) is 0 Å².